The minimum Gasteiger partial charge on any atom is -0.381 e. The first-order valence-electron chi connectivity index (χ1n) is 3.79. The van der Waals surface area contributed by atoms with Gasteiger partial charge in [-0.15, -0.1) is 5.10 Å². The van der Waals surface area contributed by atoms with Gasteiger partial charge in [-0.05, 0) is 12.1 Å². The SMILES string of the molecule is Nc1cn(-c2cc(F)cc(F)c2)nn1. The zero-order chi connectivity index (χ0) is 10.1. The number of benzene rings is 1. The van der Waals surface area contributed by atoms with Gasteiger partial charge in [0.25, 0.3) is 0 Å². The van der Waals surface area contributed by atoms with Crippen LogP contribution in [0.1, 0.15) is 0 Å². The third-order valence-electron chi connectivity index (χ3n) is 1.62. The van der Waals surface area contributed by atoms with E-state index >= 15 is 0 Å². The summed E-state index contributed by atoms with van der Waals surface area (Å²) in [6, 6.07) is 3.05. The molecular formula is C8H6F2N4. The third-order valence-corrected chi connectivity index (χ3v) is 1.62. The molecule has 0 aliphatic carbocycles. The highest BCUT2D eigenvalue weighted by molar-refractivity contribution is 5.34. The normalized spacial score (nSPS) is 10.4. The van der Waals surface area contributed by atoms with Crippen molar-refractivity contribution < 1.29 is 8.78 Å². The van der Waals surface area contributed by atoms with Crippen molar-refractivity contribution in [3.63, 3.8) is 0 Å². The lowest BCUT2D eigenvalue weighted by Crippen LogP contribution is -1.96. The van der Waals surface area contributed by atoms with Gasteiger partial charge in [-0.1, -0.05) is 5.21 Å². The van der Waals surface area contributed by atoms with Crippen molar-refractivity contribution in [2.45, 2.75) is 0 Å². The van der Waals surface area contributed by atoms with E-state index in [1.807, 2.05) is 0 Å². The monoisotopic (exact) mass is 196 g/mol. The first-order chi connectivity index (χ1) is 6.65. The van der Waals surface area contributed by atoms with Crippen LogP contribution >= 0.6 is 0 Å². The Morgan fingerprint density at radius 1 is 1.14 bits per heavy atom. The molecule has 14 heavy (non-hydrogen) atoms. The number of rotatable bonds is 1. The van der Waals surface area contributed by atoms with Crippen LogP contribution in [0.2, 0.25) is 0 Å². The minimum atomic E-state index is -0.672. The summed E-state index contributed by atoms with van der Waals surface area (Å²) in [6.45, 7) is 0. The fourth-order valence-corrected chi connectivity index (χ4v) is 1.07. The topological polar surface area (TPSA) is 56.7 Å². The highest BCUT2D eigenvalue weighted by Gasteiger charge is 2.04. The van der Waals surface area contributed by atoms with Crippen LogP contribution in [-0.4, -0.2) is 15.0 Å². The second-order valence-electron chi connectivity index (χ2n) is 2.72. The molecule has 0 saturated heterocycles. The van der Waals surface area contributed by atoms with E-state index in [0.717, 1.165) is 18.2 Å². The number of nitrogen functional groups attached to an aromatic ring is 1. The summed E-state index contributed by atoms with van der Waals surface area (Å²) in [4.78, 5) is 0. The van der Waals surface area contributed by atoms with Crippen molar-refractivity contribution >= 4 is 5.82 Å². The maximum atomic E-state index is 12.8. The Balaban J connectivity index is 2.51. The third kappa shape index (κ3) is 1.54. The van der Waals surface area contributed by atoms with E-state index in [0.29, 0.717) is 0 Å². The van der Waals surface area contributed by atoms with Crippen LogP contribution in [0.25, 0.3) is 5.69 Å². The quantitative estimate of drug-likeness (QED) is 0.743. The smallest absolute Gasteiger partial charge is 0.166 e. The summed E-state index contributed by atoms with van der Waals surface area (Å²) in [5, 5.41) is 7.07. The lowest BCUT2D eigenvalue weighted by atomic mass is 10.3. The van der Waals surface area contributed by atoms with E-state index in [9.17, 15) is 8.78 Å². The van der Waals surface area contributed by atoms with Gasteiger partial charge in [0, 0.05) is 6.07 Å². The summed E-state index contributed by atoms with van der Waals surface area (Å²) in [5.41, 5.74) is 5.55. The molecule has 1 heterocycles. The lowest BCUT2D eigenvalue weighted by molar-refractivity contribution is 0.579. The van der Waals surface area contributed by atoms with E-state index in [1.54, 1.807) is 0 Å². The summed E-state index contributed by atoms with van der Waals surface area (Å²) in [5.74, 6) is -1.15. The number of anilines is 1. The molecule has 0 amide bonds. The van der Waals surface area contributed by atoms with Crippen LogP contribution in [0, 0.1) is 11.6 Å². The predicted octanol–water partition coefficient (Wildman–Crippen LogP) is 1.13. The number of hydrogen-bond donors (Lipinski definition) is 1. The summed E-state index contributed by atoms with van der Waals surface area (Å²) < 4.78 is 26.8. The molecule has 0 unspecified atom stereocenters. The fraction of sp³-hybridized carbons (Fsp3) is 0. The van der Waals surface area contributed by atoms with Crippen molar-refractivity contribution in [1.29, 1.82) is 0 Å². The summed E-state index contributed by atoms with van der Waals surface area (Å²) in [6.07, 6.45) is 1.37. The van der Waals surface area contributed by atoms with Gasteiger partial charge >= 0.3 is 0 Å². The van der Waals surface area contributed by atoms with Gasteiger partial charge < -0.3 is 5.73 Å². The Hall–Kier alpha value is -1.98. The van der Waals surface area contributed by atoms with Gasteiger partial charge in [0.2, 0.25) is 0 Å². The van der Waals surface area contributed by atoms with E-state index in [2.05, 4.69) is 10.3 Å². The average Bonchev–Trinajstić information content (AvgIpc) is 2.50. The molecule has 1 aromatic heterocycles. The molecule has 0 aliphatic heterocycles. The van der Waals surface area contributed by atoms with Crippen molar-refractivity contribution in [1.82, 2.24) is 15.0 Å². The molecule has 4 nitrogen and oxygen atoms in total. The Kier molecular flexibility index (Phi) is 1.88. The number of nitrogens with two attached hydrogens (primary N) is 1. The lowest BCUT2D eigenvalue weighted by Gasteiger charge is -1.99. The molecule has 2 aromatic rings. The molecule has 2 N–H and O–H groups in total. The molecule has 2 rings (SSSR count). The van der Waals surface area contributed by atoms with Crippen LogP contribution in [0.5, 0.6) is 0 Å². The van der Waals surface area contributed by atoms with Crippen molar-refractivity contribution in [2.24, 2.45) is 0 Å². The van der Waals surface area contributed by atoms with Gasteiger partial charge in [0.15, 0.2) is 5.82 Å². The Bertz CT molecular complexity index is 446. The van der Waals surface area contributed by atoms with Gasteiger partial charge in [0.1, 0.15) is 11.6 Å². The fourth-order valence-electron chi connectivity index (χ4n) is 1.07. The van der Waals surface area contributed by atoms with Crippen LogP contribution in [0.4, 0.5) is 14.6 Å². The predicted molar refractivity (Wildman–Crippen MR) is 45.7 cm³/mol. The van der Waals surface area contributed by atoms with Crippen molar-refractivity contribution in [2.75, 3.05) is 5.73 Å². The molecule has 6 heteroatoms. The van der Waals surface area contributed by atoms with E-state index in [-0.39, 0.29) is 11.5 Å². The zero-order valence-electron chi connectivity index (χ0n) is 6.98. The maximum Gasteiger partial charge on any atom is 0.166 e. The summed E-state index contributed by atoms with van der Waals surface area (Å²) >= 11 is 0. The first kappa shape index (κ1) is 8.61. The summed E-state index contributed by atoms with van der Waals surface area (Å²) in [7, 11) is 0. The number of aromatic nitrogens is 3. The number of nitrogens with zero attached hydrogens (tertiary/aromatic N) is 3. The second kappa shape index (κ2) is 3.06. The molecule has 0 bridgehead atoms. The van der Waals surface area contributed by atoms with Crippen LogP contribution in [0.3, 0.4) is 0 Å². The van der Waals surface area contributed by atoms with Crippen LogP contribution in [0.15, 0.2) is 24.4 Å². The molecule has 72 valence electrons. The average molecular weight is 196 g/mol. The molecule has 0 saturated carbocycles. The van der Waals surface area contributed by atoms with Gasteiger partial charge in [0.05, 0.1) is 11.9 Å². The van der Waals surface area contributed by atoms with E-state index in [4.69, 9.17) is 5.73 Å². The van der Waals surface area contributed by atoms with Crippen molar-refractivity contribution in [3.8, 4) is 5.69 Å². The standard InChI is InChI=1S/C8H6F2N4/c9-5-1-6(10)3-7(2-5)14-4-8(11)12-13-14/h1-4H,11H2. The molecule has 0 fully saturated rings. The van der Waals surface area contributed by atoms with Gasteiger partial charge in [-0.25, -0.2) is 13.5 Å². The molecule has 0 atom stereocenters. The van der Waals surface area contributed by atoms with Crippen molar-refractivity contribution in [3.05, 3.63) is 36.0 Å². The van der Waals surface area contributed by atoms with E-state index in [1.165, 1.54) is 10.9 Å². The molecular weight excluding hydrogens is 190 g/mol. The Morgan fingerprint density at radius 3 is 2.29 bits per heavy atom. The van der Waals surface area contributed by atoms with Gasteiger partial charge in [-0.3, -0.25) is 0 Å². The largest absolute Gasteiger partial charge is 0.381 e. The molecule has 1 aromatic carbocycles. The molecule has 0 radical (unpaired) electrons. The second-order valence-corrected chi connectivity index (χ2v) is 2.72. The highest BCUT2D eigenvalue weighted by atomic mass is 19.1. The molecule has 0 aliphatic rings. The van der Waals surface area contributed by atoms with Crippen LogP contribution < -0.4 is 5.73 Å². The Morgan fingerprint density at radius 2 is 1.79 bits per heavy atom. The van der Waals surface area contributed by atoms with Crippen LogP contribution in [-0.2, 0) is 0 Å². The minimum absolute atomic E-state index is 0.190. The number of halogens is 2. The zero-order valence-corrected chi connectivity index (χ0v) is 6.98. The maximum absolute atomic E-state index is 12.8. The number of hydrogen-bond acceptors (Lipinski definition) is 3. The Labute approximate surface area is 78.0 Å². The molecule has 0 spiro atoms. The first-order valence-corrected chi connectivity index (χ1v) is 3.79. The van der Waals surface area contributed by atoms with Gasteiger partial charge in [-0.2, -0.15) is 0 Å². The van der Waals surface area contributed by atoms with E-state index < -0.39 is 11.6 Å². The highest BCUT2D eigenvalue weighted by Crippen LogP contribution is 2.12.